The average molecular weight is 325 g/mol. The summed E-state index contributed by atoms with van der Waals surface area (Å²) < 4.78 is 5.32. The zero-order valence-corrected chi connectivity index (χ0v) is 14.6. The van der Waals surface area contributed by atoms with Crippen LogP contribution in [-0.2, 0) is 14.3 Å². The van der Waals surface area contributed by atoms with E-state index in [1.807, 2.05) is 19.0 Å². The van der Waals surface area contributed by atoms with E-state index in [1.165, 1.54) is 0 Å². The number of carbonyl (C=O) groups excluding carboxylic acids is 2. The zero-order valence-electron chi connectivity index (χ0n) is 14.6. The molecule has 2 heterocycles. The molecule has 2 saturated heterocycles. The maximum Gasteiger partial charge on any atom is 0.225 e. The summed E-state index contributed by atoms with van der Waals surface area (Å²) in [5, 5.41) is 3.03. The van der Waals surface area contributed by atoms with Gasteiger partial charge in [-0.2, -0.15) is 0 Å². The smallest absolute Gasteiger partial charge is 0.225 e. The first-order valence-corrected chi connectivity index (χ1v) is 8.87. The maximum absolute atomic E-state index is 12.5. The van der Waals surface area contributed by atoms with Gasteiger partial charge < -0.3 is 19.9 Å². The molecule has 23 heavy (non-hydrogen) atoms. The van der Waals surface area contributed by atoms with E-state index in [1.54, 1.807) is 0 Å². The van der Waals surface area contributed by atoms with Crippen LogP contribution in [0.15, 0.2) is 0 Å². The van der Waals surface area contributed by atoms with Crippen LogP contribution in [0.4, 0.5) is 0 Å². The van der Waals surface area contributed by atoms with Gasteiger partial charge in [0.1, 0.15) is 0 Å². The third kappa shape index (κ3) is 5.77. The van der Waals surface area contributed by atoms with Crippen LogP contribution in [0.1, 0.15) is 32.1 Å². The molecule has 0 saturated carbocycles. The van der Waals surface area contributed by atoms with Crippen molar-refractivity contribution in [3.05, 3.63) is 0 Å². The van der Waals surface area contributed by atoms with Gasteiger partial charge in [-0.05, 0) is 52.7 Å². The predicted octanol–water partition coefficient (Wildman–Crippen LogP) is 0.720. The Morgan fingerprint density at radius 1 is 1.09 bits per heavy atom. The lowest BCUT2D eigenvalue weighted by molar-refractivity contribution is -0.141. The number of ether oxygens (including phenoxy) is 1. The molecule has 132 valence electrons. The fourth-order valence-electron chi connectivity index (χ4n) is 3.32. The maximum atomic E-state index is 12.5. The minimum Gasteiger partial charge on any atom is -0.381 e. The van der Waals surface area contributed by atoms with Crippen molar-refractivity contribution in [2.75, 3.05) is 53.5 Å². The number of piperidine rings is 1. The quantitative estimate of drug-likeness (QED) is 0.731. The first kappa shape index (κ1) is 18.2. The summed E-state index contributed by atoms with van der Waals surface area (Å²) in [6.45, 7) is 4.54. The van der Waals surface area contributed by atoms with Gasteiger partial charge in [0.2, 0.25) is 11.8 Å². The van der Waals surface area contributed by atoms with Crippen molar-refractivity contribution in [1.29, 1.82) is 0 Å². The van der Waals surface area contributed by atoms with Crippen LogP contribution in [0.25, 0.3) is 0 Å². The molecule has 2 aliphatic heterocycles. The van der Waals surface area contributed by atoms with E-state index in [0.717, 1.165) is 45.2 Å². The van der Waals surface area contributed by atoms with Crippen LogP contribution in [0.2, 0.25) is 0 Å². The molecular formula is C17H31N3O3. The highest BCUT2D eigenvalue weighted by molar-refractivity contribution is 5.81. The van der Waals surface area contributed by atoms with Gasteiger partial charge in [0.25, 0.3) is 0 Å². The summed E-state index contributed by atoms with van der Waals surface area (Å²) in [6.07, 6.45) is 4.22. The topological polar surface area (TPSA) is 61.9 Å². The number of likely N-dealkylation sites (tertiary alicyclic amines) is 1. The van der Waals surface area contributed by atoms with Gasteiger partial charge in [-0.25, -0.2) is 0 Å². The van der Waals surface area contributed by atoms with Crippen molar-refractivity contribution in [1.82, 2.24) is 15.1 Å². The highest BCUT2D eigenvalue weighted by Gasteiger charge is 2.31. The second kappa shape index (κ2) is 9.23. The Morgan fingerprint density at radius 2 is 1.74 bits per heavy atom. The Hall–Kier alpha value is -1.14. The number of nitrogens with zero attached hydrogens (tertiary/aromatic N) is 2. The number of carbonyl (C=O) groups is 2. The van der Waals surface area contributed by atoms with Crippen LogP contribution in [-0.4, -0.2) is 75.1 Å². The number of hydrogen-bond donors (Lipinski definition) is 1. The second-order valence-corrected chi connectivity index (χ2v) is 6.93. The monoisotopic (exact) mass is 325 g/mol. The first-order chi connectivity index (χ1) is 11.1. The molecule has 2 aliphatic rings. The Labute approximate surface area is 139 Å². The van der Waals surface area contributed by atoms with E-state index in [-0.39, 0.29) is 23.7 Å². The molecular weight excluding hydrogens is 294 g/mol. The molecule has 0 atom stereocenters. The highest BCUT2D eigenvalue weighted by Crippen LogP contribution is 2.23. The van der Waals surface area contributed by atoms with Gasteiger partial charge in [0.15, 0.2) is 0 Å². The first-order valence-electron chi connectivity index (χ1n) is 8.87. The SMILES string of the molecule is CN(C)CCCNC(=O)C1CCN(C(=O)C2CCOCC2)CC1. The molecule has 0 unspecified atom stereocenters. The Kier molecular flexibility index (Phi) is 7.30. The van der Waals surface area contributed by atoms with Crippen molar-refractivity contribution in [2.45, 2.75) is 32.1 Å². The molecule has 0 aromatic heterocycles. The largest absolute Gasteiger partial charge is 0.381 e. The summed E-state index contributed by atoms with van der Waals surface area (Å²) in [5.41, 5.74) is 0. The third-order valence-corrected chi connectivity index (χ3v) is 4.83. The molecule has 2 amide bonds. The average Bonchev–Trinajstić information content (AvgIpc) is 2.58. The van der Waals surface area contributed by atoms with Crippen LogP contribution >= 0.6 is 0 Å². The lowest BCUT2D eigenvalue weighted by Gasteiger charge is -2.34. The van der Waals surface area contributed by atoms with E-state index in [2.05, 4.69) is 10.2 Å². The van der Waals surface area contributed by atoms with Crippen molar-refractivity contribution in [2.24, 2.45) is 11.8 Å². The van der Waals surface area contributed by atoms with Crippen molar-refractivity contribution >= 4 is 11.8 Å². The molecule has 2 rings (SSSR count). The standard InChI is InChI=1S/C17H31N3O3/c1-19(2)9-3-8-18-16(21)14-4-10-20(11-5-14)17(22)15-6-12-23-13-7-15/h14-15H,3-13H2,1-2H3,(H,18,21). The van der Waals surface area contributed by atoms with Gasteiger partial charge >= 0.3 is 0 Å². The van der Waals surface area contributed by atoms with Crippen LogP contribution < -0.4 is 5.32 Å². The molecule has 0 spiro atoms. The van der Waals surface area contributed by atoms with Gasteiger partial charge in [0, 0.05) is 44.7 Å². The number of nitrogens with one attached hydrogen (secondary N) is 1. The molecule has 0 aliphatic carbocycles. The van der Waals surface area contributed by atoms with Gasteiger partial charge in [0.05, 0.1) is 0 Å². The summed E-state index contributed by atoms with van der Waals surface area (Å²) in [7, 11) is 4.07. The number of hydrogen-bond acceptors (Lipinski definition) is 4. The second-order valence-electron chi connectivity index (χ2n) is 6.93. The molecule has 0 bridgehead atoms. The van der Waals surface area contributed by atoms with E-state index < -0.39 is 0 Å². The number of rotatable bonds is 6. The van der Waals surface area contributed by atoms with Crippen molar-refractivity contribution in [3.63, 3.8) is 0 Å². The lowest BCUT2D eigenvalue weighted by Crippen LogP contribution is -2.46. The molecule has 2 fully saturated rings. The molecule has 6 nitrogen and oxygen atoms in total. The molecule has 0 radical (unpaired) electrons. The number of amides is 2. The zero-order chi connectivity index (χ0) is 16.7. The van der Waals surface area contributed by atoms with Crippen LogP contribution in [0.3, 0.4) is 0 Å². The van der Waals surface area contributed by atoms with E-state index in [0.29, 0.717) is 26.3 Å². The fraction of sp³-hybridized carbons (Fsp3) is 0.882. The summed E-state index contributed by atoms with van der Waals surface area (Å²) >= 11 is 0. The van der Waals surface area contributed by atoms with Crippen molar-refractivity contribution < 1.29 is 14.3 Å². The highest BCUT2D eigenvalue weighted by atomic mass is 16.5. The minimum absolute atomic E-state index is 0.0631. The lowest BCUT2D eigenvalue weighted by atomic mass is 9.93. The van der Waals surface area contributed by atoms with Gasteiger partial charge in [-0.15, -0.1) is 0 Å². The van der Waals surface area contributed by atoms with E-state index >= 15 is 0 Å². The Balaban J connectivity index is 1.66. The minimum atomic E-state index is 0.0631. The van der Waals surface area contributed by atoms with E-state index in [4.69, 9.17) is 4.74 Å². The van der Waals surface area contributed by atoms with Gasteiger partial charge in [-0.1, -0.05) is 0 Å². The third-order valence-electron chi connectivity index (χ3n) is 4.83. The van der Waals surface area contributed by atoms with Crippen molar-refractivity contribution in [3.8, 4) is 0 Å². The summed E-state index contributed by atoms with van der Waals surface area (Å²) in [6, 6.07) is 0. The Morgan fingerprint density at radius 3 is 2.35 bits per heavy atom. The summed E-state index contributed by atoms with van der Waals surface area (Å²) in [5.74, 6) is 0.605. The predicted molar refractivity (Wildman–Crippen MR) is 89.0 cm³/mol. The van der Waals surface area contributed by atoms with Crippen LogP contribution in [0, 0.1) is 11.8 Å². The molecule has 6 heteroatoms. The molecule has 0 aromatic carbocycles. The molecule has 1 N–H and O–H groups in total. The van der Waals surface area contributed by atoms with Crippen LogP contribution in [0.5, 0.6) is 0 Å². The Bertz CT molecular complexity index is 387. The molecule has 0 aromatic rings. The summed E-state index contributed by atoms with van der Waals surface area (Å²) in [4.78, 5) is 28.7. The van der Waals surface area contributed by atoms with E-state index in [9.17, 15) is 9.59 Å². The fourth-order valence-corrected chi connectivity index (χ4v) is 3.32. The normalized spacial score (nSPS) is 20.7. The van der Waals surface area contributed by atoms with Gasteiger partial charge in [-0.3, -0.25) is 9.59 Å².